The monoisotopic (exact) mass is 656 g/mol. The van der Waals surface area contributed by atoms with Gasteiger partial charge in [0, 0.05) is 36.9 Å². The van der Waals surface area contributed by atoms with Crippen LogP contribution < -0.4 is 10.0 Å². The van der Waals surface area contributed by atoms with Crippen molar-refractivity contribution in [3.05, 3.63) is 84.1 Å². The molecule has 0 amide bonds. The number of aliphatic hydroxyl groups excluding tert-OH is 1. The van der Waals surface area contributed by atoms with Crippen molar-refractivity contribution in [1.29, 1.82) is 0 Å². The average molecular weight is 657 g/mol. The molecule has 0 spiro atoms. The lowest BCUT2D eigenvalue weighted by molar-refractivity contribution is -0.136. The van der Waals surface area contributed by atoms with Crippen LogP contribution >= 0.6 is 0 Å². The van der Waals surface area contributed by atoms with Crippen LogP contribution in [0.15, 0.2) is 77.8 Å². The second kappa shape index (κ2) is 13.2. The number of carboxylic acid groups (broad SMARTS) is 1. The van der Waals surface area contributed by atoms with Crippen LogP contribution in [0, 0.1) is 5.92 Å². The van der Waals surface area contributed by atoms with E-state index in [1.165, 1.54) is 22.5 Å². The van der Waals surface area contributed by atoms with Crippen molar-refractivity contribution in [3.63, 3.8) is 0 Å². The SMILES string of the molecule is CS(=O)(=O)Nc1cc(C(O)CNCC2CCN(S(=O)(=O)c3ccc(-n4cc(CC(=O)O)c5ccccc54)cc3)CC2)ccc1O. The molecule has 1 fully saturated rings. The number of nitrogens with one attached hydrogen (secondary N) is 2. The Hall–Kier alpha value is -3.95. The smallest absolute Gasteiger partial charge is 0.307 e. The maximum atomic E-state index is 13.4. The van der Waals surface area contributed by atoms with Crippen molar-refractivity contribution >= 4 is 42.6 Å². The molecule has 1 atom stereocenters. The minimum Gasteiger partial charge on any atom is -0.506 e. The number of hydrogen-bond acceptors (Lipinski definition) is 8. The summed E-state index contributed by atoms with van der Waals surface area (Å²) in [6.07, 6.45) is 2.97. The second-order valence-corrected chi connectivity index (χ2v) is 15.0. The first-order chi connectivity index (χ1) is 21.3. The molecule has 14 heteroatoms. The summed E-state index contributed by atoms with van der Waals surface area (Å²) in [5.41, 5.74) is 2.66. The molecule has 45 heavy (non-hydrogen) atoms. The highest BCUT2D eigenvalue weighted by Gasteiger charge is 2.29. The third kappa shape index (κ3) is 7.65. The number of sulfonamides is 2. The molecule has 1 saturated heterocycles. The molecular formula is C31H36N4O8S2. The van der Waals surface area contributed by atoms with Crippen LogP contribution in [0.2, 0.25) is 0 Å². The van der Waals surface area contributed by atoms with Gasteiger partial charge >= 0.3 is 5.97 Å². The normalized spacial score (nSPS) is 15.7. The summed E-state index contributed by atoms with van der Waals surface area (Å²) in [7, 11) is -7.31. The molecule has 4 aromatic rings. The number of fused-ring (bicyclic) bond motifs is 1. The number of aliphatic hydroxyl groups is 1. The first-order valence-electron chi connectivity index (χ1n) is 14.4. The van der Waals surface area contributed by atoms with E-state index in [4.69, 9.17) is 0 Å². The minimum absolute atomic E-state index is 0.0136. The minimum atomic E-state index is -3.71. The summed E-state index contributed by atoms with van der Waals surface area (Å²) in [5.74, 6) is -0.969. The van der Waals surface area contributed by atoms with Gasteiger partial charge in [-0.3, -0.25) is 9.52 Å². The molecule has 1 aliphatic rings. The average Bonchev–Trinajstić information content (AvgIpc) is 3.35. The van der Waals surface area contributed by atoms with Gasteiger partial charge in [0.25, 0.3) is 0 Å². The lowest BCUT2D eigenvalue weighted by atomic mass is 9.98. The Bertz CT molecular complexity index is 1900. The fourth-order valence-electron chi connectivity index (χ4n) is 5.63. The number of hydrogen-bond donors (Lipinski definition) is 5. The van der Waals surface area contributed by atoms with Gasteiger partial charge in [-0.2, -0.15) is 4.31 Å². The number of aromatic nitrogens is 1. The number of aliphatic carboxylic acids is 1. The van der Waals surface area contributed by atoms with E-state index in [0.717, 1.165) is 22.8 Å². The maximum Gasteiger partial charge on any atom is 0.307 e. The van der Waals surface area contributed by atoms with Crippen molar-refractivity contribution in [3.8, 4) is 11.4 Å². The van der Waals surface area contributed by atoms with Gasteiger partial charge in [-0.05, 0) is 78.9 Å². The summed E-state index contributed by atoms with van der Waals surface area (Å²) in [6.45, 7) is 1.49. The van der Waals surface area contributed by atoms with E-state index in [-0.39, 0.29) is 35.2 Å². The summed E-state index contributed by atoms with van der Waals surface area (Å²) in [6, 6.07) is 18.3. The molecule has 0 saturated carbocycles. The molecular weight excluding hydrogens is 620 g/mol. The number of aromatic hydroxyl groups is 1. The second-order valence-electron chi connectivity index (χ2n) is 11.3. The molecule has 1 unspecified atom stereocenters. The standard InChI is InChI=1S/C31H36N4O8S2/c1-44(40,41)33-27-16-22(6-11-29(27)36)30(37)19-32-18-21-12-14-34(15-13-21)45(42,43)25-9-7-24(8-10-25)35-20-23(17-31(38)39)26-4-2-3-5-28(26)35/h2-11,16,20-21,30,32-33,36-37H,12-15,17-19H2,1H3,(H,38,39). The molecule has 5 rings (SSSR count). The van der Waals surface area contributed by atoms with E-state index in [0.29, 0.717) is 43.6 Å². The van der Waals surface area contributed by atoms with Gasteiger partial charge in [0.2, 0.25) is 20.0 Å². The number of phenols is 1. The van der Waals surface area contributed by atoms with Crippen LogP contribution in [0.5, 0.6) is 5.75 Å². The van der Waals surface area contributed by atoms with Gasteiger partial charge in [-0.1, -0.05) is 24.3 Å². The number of piperidine rings is 1. The highest BCUT2D eigenvalue weighted by molar-refractivity contribution is 7.92. The third-order valence-corrected chi connectivity index (χ3v) is 10.4. The number of benzene rings is 3. The summed E-state index contributed by atoms with van der Waals surface area (Å²) in [4.78, 5) is 11.5. The Balaban J connectivity index is 1.16. The number of anilines is 1. The maximum absolute atomic E-state index is 13.4. The van der Waals surface area contributed by atoms with Gasteiger partial charge in [0.1, 0.15) is 5.75 Å². The van der Waals surface area contributed by atoms with Crippen LogP contribution in [0.1, 0.15) is 30.1 Å². The zero-order chi connectivity index (χ0) is 32.4. The Morgan fingerprint density at radius 1 is 1.00 bits per heavy atom. The van der Waals surface area contributed by atoms with Gasteiger partial charge in [0.15, 0.2) is 0 Å². The quantitative estimate of drug-likeness (QED) is 0.143. The zero-order valence-electron chi connectivity index (χ0n) is 24.6. The van der Waals surface area contributed by atoms with Gasteiger partial charge < -0.3 is 25.2 Å². The third-order valence-electron chi connectivity index (χ3n) is 7.93. The molecule has 1 aromatic heterocycles. The Labute approximate surface area is 262 Å². The van der Waals surface area contributed by atoms with Crippen molar-refractivity contribution < 1.29 is 36.9 Å². The molecule has 2 heterocycles. The predicted molar refractivity (Wildman–Crippen MR) is 171 cm³/mol. The van der Waals surface area contributed by atoms with E-state index in [9.17, 15) is 36.9 Å². The highest BCUT2D eigenvalue weighted by Crippen LogP contribution is 2.29. The van der Waals surface area contributed by atoms with E-state index >= 15 is 0 Å². The van der Waals surface area contributed by atoms with Crippen molar-refractivity contribution in [2.24, 2.45) is 5.92 Å². The number of para-hydroxylation sites is 1. The van der Waals surface area contributed by atoms with E-state index < -0.39 is 32.1 Å². The van der Waals surface area contributed by atoms with Crippen LogP contribution in [0.3, 0.4) is 0 Å². The molecule has 12 nitrogen and oxygen atoms in total. The molecule has 3 aromatic carbocycles. The Kier molecular flexibility index (Phi) is 9.51. The van der Waals surface area contributed by atoms with Crippen molar-refractivity contribution in [2.45, 2.75) is 30.3 Å². The largest absolute Gasteiger partial charge is 0.506 e. The predicted octanol–water partition coefficient (Wildman–Crippen LogP) is 3.06. The first-order valence-corrected chi connectivity index (χ1v) is 17.8. The number of carboxylic acids is 1. The highest BCUT2D eigenvalue weighted by atomic mass is 32.2. The molecule has 1 aliphatic heterocycles. The van der Waals surface area contributed by atoms with Gasteiger partial charge in [0.05, 0.1) is 34.9 Å². The Morgan fingerprint density at radius 3 is 2.36 bits per heavy atom. The van der Waals surface area contributed by atoms with Crippen LogP contribution in [-0.4, -0.2) is 79.4 Å². The van der Waals surface area contributed by atoms with Crippen molar-refractivity contribution in [1.82, 2.24) is 14.2 Å². The first kappa shape index (κ1) is 32.4. The summed E-state index contributed by atoms with van der Waals surface area (Å²) < 4.78 is 55.5. The molecule has 0 aliphatic carbocycles. The Morgan fingerprint density at radius 2 is 1.69 bits per heavy atom. The molecule has 0 bridgehead atoms. The van der Waals surface area contributed by atoms with E-state index in [1.807, 2.05) is 28.8 Å². The summed E-state index contributed by atoms with van der Waals surface area (Å²) in [5, 5.41) is 33.8. The number of rotatable bonds is 12. The number of carbonyl (C=O) groups is 1. The van der Waals surface area contributed by atoms with E-state index in [2.05, 4.69) is 10.0 Å². The molecule has 5 N–H and O–H groups in total. The van der Waals surface area contributed by atoms with Gasteiger partial charge in [-0.25, -0.2) is 16.8 Å². The topological polar surface area (TPSA) is 178 Å². The van der Waals surface area contributed by atoms with Crippen LogP contribution in [0.25, 0.3) is 16.6 Å². The van der Waals surface area contributed by atoms with Crippen molar-refractivity contribution in [2.75, 3.05) is 37.2 Å². The fourth-order valence-corrected chi connectivity index (χ4v) is 7.67. The number of phenolic OH excluding ortho intramolecular Hbond substituents is 1. The van der Waals surface area contributed by atoms with Gasteiger partial charge in [-0.15, -0.1) is 0 Å². The molecule has 240 valence electrons. The zero-order valence-corrected chi connectivity index (χ0v) is 26.3. The summed E-state index contributed by atoms with van der Waals surface area (Å²) >= 11 is 0. The fraction of sp³-hybridized carbons (Fsp3) is 0.323. The lowest BCUT2D eigenvalue weighted by Crippen LogP contribution is -2.41. The lowest BCUT2D eigenvalue weighted by Gasteiger charge is -2.31. The van der Waals surface area contributed by atoms with E-state index in [1.54, 1.807) is 30.5 Å². The van der Waals surface area contributed by atoms with Crippen LogP contribution in [0.4, 0.5) is 5.69 Å². The number of nitrogens with zero attached hydrogens (tertiary/aromatic N) is 2. The molecule has 0 radical (unpaired) electrons. The van der Waals surface area contributed by atoms with Crippen LogP contribution in [-0.2, 0) is 31.3 Å².